The maximum absolute atomic E-state index is 13.0. The van der Waals surface area contributed by atoms with Gasteiger partial charge in [-0.15, -0.1) is 0 Å². The van der Waals surface area contributed by atoms with Gasteiger partial charge in [-0.25, -0.2) is 0 Å². The highest BCUT2D eigenvalue weighted by atomic mass is 16.6. The van der Waals surface area contributed by atoms with Crippen LogP contribution in [-0.4, -0.2) is 46.6 Å². The number of carbonyl (C=O) groups is 2. The van der Waals surface area contributed by atoms with Crippen molar-refractivity contribution in [2.75, 3.05) is 19.8 Å². The minimum atomic E-state index is -0.780. The van der Waals surface area contributed by atoms with Crippen LogP contribution in [0, 0.1) is 0 Å². The number of hydrogen-bond acceptors (Lipinski definition) is 6. The molecule has 2 aliphatic heterocycles. The molecule has 1 unspecified atom stereocenters. The molecular formula is C24H25NO6. The highest BCUT2D eigenvalue weighted by molar-refractivity contribution is 6.46. The van der Waals surface area contributed by atoms with E-state index < -0.39 is 17.7 Å². The van der Waals surface area contributed by atoms with Crippen LogP contribution in [-0.2, 0) is 9.59 Å². The Morgan fingerprint density at radius 1 is 1.06 bits per heavy atom. The minimum Gasteiger partial charge on any atom is -0.508 e. The largest absolute Gasteiger partial charge is 0.508 e. The number of rotatable bonds is 6. The van der Waals surface area contributed by atoms with Crippen molar-refractivity contribution < 1.29 is 29.3 Å². The molecule has 31 heavy (non-hydrogen) atoms. The number of likely N-dealkylation sites (tertiary alicyclic amines) is 1. The van der Waals surface area contributed by atoms with Gasteiger partial charge >= 0.3 is 0 Å². The number of hydrogen-bond donors (Lipinski definition) is 2. The monoisotopic (exact) mass is 423 g/mol. The zero-order valence-electron chi connectivity index (χ0n) is 17.3. The van der Waals surface area contributed by atoms with Gasteiger partial charge in [-0.3, -0.25) is 9.59 Å². The van der Waals surface area contributed by atoms with Gasteiger partial charge in [0.1, 0.15) is 24.7 Å². The number of fused-ring (bicyclic) bond motifs is 1. The standard InChI is InChI=1S/C24H25NO6/c1-2-3-4-10-25-21(15-6-5-7-17(26)13-15)20(23(28)24(25)29)22(27)16-8-9-18-19(14-16)31-12-11-30-18/h5-9,13-14,21,26-27H,2-4,10-12H2,1H3/b22-20-. The second-order valence-corrected chi connectivity index (χ2v) is 7.65. The van der Waals surface area contributed by atoms with E-state index in [1.807, 2.05) is 0 Å². The summed E-state index contributed by atoms with van der Waals surface area (Å²) in [5.41, 5.74) is 0.930. The molecule has 1 saturated heterocycles. The first-order valence-corrected chi connectivity index (χ1v) is 10.5. The van der Waals surface area contributed by atoms with E-state index >= 15 is 0 Å². The van der Waals surface area contributed by atoms with E-state index in [1.165, 1.54) is 17.0 Å². The molecule has 162 valence electrons. The molecule has 1 amide bonds. The fourth-order valence-corrected chi connectivity index (χ4v) is 4.03. The molecule has 2 N–H and O–H groups in total. The average molecular weight is 423 g/mol. The van der Waals surface area contributed by atoms with Gasteiger partial charge in [-0.05, 0) is 42.3 Å². The van der Waals surface area contributed by atoms with Gasteiger partial charge in [0.2, 0.25) is 0 Å². The Labute approximate surface area is 180 Å². The quantitative estimate of drug-likeness (QED) is 0.318. The van der Waals surface area contributed by atoms with Crippen molar-refractivity contribution in [2.24, 2.45) is 0 Å². The summed E-state index contributed by atoms with van der Waals surface area (Å²) in [7, 11) is 0. The van der Waals surface area contributed by atoms with Crippen molar-refractivity contribution in [3.05, 3.63) is 59.2 Å². The summed E-state index contributed by atoms with van der Waals surface area (Å²) in [5, 5.41) is 21.1. The van der Waals surface area contributed by atoms with Crippen molar-refractivity contribution >= 4 is 17.4 Å². The Bertz CT molecular complexity index is 1040. The summed E-state index contributed by atoms with van der Waals surface area (Å²) in [6, 6.07) is 10.6. The number of phenols is 1. The summed E-state index contributed by atoms with van der Waals surface area (Å²) >= 11 is 0. The number of amides is 1. The number of nitrogens with zero attached hydrogens (tertiary/aromatic N) is 1. The van der Waals surface area contributed by atoms with Gasteiger partial charge in [0, 0.05) is 12.1 Å². The van der Waals surface area contributed by atoms with Gasteiger partial charge in [-0.2, -0.15) is 0 Å². The van der Waals surface area contributed by atoms with Gasteiger partial charge in [0.05, 0.1) is 11.6 Å². The Morgan fingerprint density at radius 2 is 1.84 bits per heavy atom. The third-order valence-corrected chi connectivity index (χ3v) is 5.54. The van der Waals surface area contributed by atoms with Crippen LogP contribution in [0.15, 0.2) is 48.0 Å². The van der Waals surface area contributed by atoms with Crippen LogP contribution in [0.4, 0.5) is 0 Å². The van der Waals surface area contributed by atoms with Gasteiger partial charge in [0.25, 0.3) is 11.7 Å². The van der Waals surface area contributed by atoms with Crippen LogP contribution in [0.5, 0.6) is 17.2 Å². The summed E-state index contributed by atoms with van der Waals surface area (Å²) in [6.45, 7) is 3.28. The van der Waals surface area contributed by atoms with Crippen LogP contribution in [0.25, 0.3) is 5.76 Å². The number of benzene rings is 2. The SMILES string of the molecule is CCCCCN1C(=O)C(=O)/C(=C(\O)c2ccc3c(c2)OCCO3)C1c1cccc(O)c1. The van der Waals surface area contributed by atoms with Gasteiger partial charge in [-0.1, -0.05) is 31.9 Å². The smallest absolute Gasteiger partial charge is 0.295 e. The Balaban J connectivity index is 1.81. The highest BCUT2D eigenvalue weighted by Gasteiger charge is 2.45. The van der Waals surface area contributed by atoms with Crippen molar-refractivity contribution in [2.45, 2.75) is 32.2 Å². The Morgan fingerprint density at radius 3 is 2.58 bits per heavy atom. The molecule has 2 aromatic rings. The topological polar surface area (TPSA) is 96.3 Å². The summed E-state index contributed by atoms with van der Waals surface area (Å²) in [5.74, 6) is -0.605. The number of unbranched alkanes of at least 4 members (excludes halogenated alkanes) is 2. The predicted molar refractivity (Wildman–Crippen MR) is 114 cm³/mol. The molecule has 0 aliphatic carbocycles. The molecule has 0 radical (unpaired) electrons. The molecule has 2 heterocycles. The van der Waals surface area contributed by atoms with Crippen molar-refractivity contribution in [3.8, 4) is 17.2 Å². The summed E-state index contributed by atoms with van der Waals surface area (Å²) < 4.78 is 11.1. The van der Waals surface area contributed by atoms with E-state index in [-0.39, 0.29) is 17.1 Å². The average Bonchev–Trinajstić information content (AvgIpc) is 3.03. The molecule has 7 heteroatoms. The second kappa shape index (κ2) is 8.71. The molecule has 0 saturated carbocycles. The summed E-state index contributed by atoms with van der Waals surface area (Å²) in [4.78, 5) is 27.3. The van der Waals surface area contributed by atoms with Crippen LogP contribution >= 0.6 is 0 Å². The minimum absolute atomic E-state index is 0.00350. The van der Waals surface area contributed by atoms with Crippen molar-refractivity contribution in [1.82, 2.24) is 4.90 Å². The van der Waals surface area contributed by atoms with Crippen molar-refractivity contribution in [3.63, 3.8) is 0 Å². The van der Waals surface area contributed by atoms with E-state index in [4.69, 9.17) is 9.47 Å². The lowest BCUT2D eigenvalue weighted by atomic mass is 9.95. The summed E-state index contributed by atoms with van der Waals surface area (Å²) in [6.07, 6.45) is 2.62. The first kappa shape index (κ1) is 20.8. The molecule has 2 aromatic carbocycles. The van der Waals surface area contributed by atoms with E-state index in [0.29, 0.717) is 42.4 Å². The van der Waals surface area contributed by atoms with Crippen molar-refractivity contribution in [1.29, 1.82) is 0 Å². The molecule has 2 aliphatic rings. The fourth-order valence-electron chi connectivity index (χ4n) is 4.03. The predicted octanol–water partition coefficient (Wildman–Crippen LogP) is 3.78. The van der Waals surface area contributed by atoms with Gasteiger partial charge < -0.3 is 24.6 Å². The molecule has 0 spiro atoms. The Hall–Kier alpha value is -3.48. The van der Waals surface area contributed by atoms with E-state index in [0.717, 1.165) is 19.3 Å². The van der Waals surface area contributed by atoms with Gasteiger partial charge in [0.15, 0.2) is 11.5 Å². The third-order valence-electron chi connectivity index (χ3n) is 5.54. The lowest BCUT2D eigenvalue weighted by molar-refractivity contribution is -0.139. The molecule has 4 rings (SSSR count). The Kier molecular flexibility index (Phi) is 5.84. The second-order valence-electron chi connectivity index (χ2n) is 7.65. The zero-order chi connectivity index (χ0) is 22.0. The maximum atomic E-state index is 13.0. The van der Waals surface area contributed by atoms with Crippen LogP contribution < -0.4 is 9.47 Å². The van der Waals surface area contributed by atoms with Crippen LogP contribution in [0.1, 0.15) is 43.4 Å². The van der Waals surface area contributed by atoms with Crippen LogP contribution in [0.2, 0.25) is 0 Å². The molecule has 7 nitrogen and oxygen atoms in total. The first-order chi connectivity index (χ1) is 15.0. The molecule has 0 bridgehead atoms. The van der Waals surface area contributed by atoms with E-state index in [2.05, 4.69) is 6.92 Å². The van der Waals surface area contributed by atoms with E-state index in [1.54, 1.807) is 30.3 Å². The molecule has 1 atom stereocenters. The molecule has 1 fully saturated rings. The lowest BCUT2D eigenvalue weighted by Gasteiger charge is -2.25. The zero-order valence-corrected chi connectivity index (χ0v) is 17.3. The molecule has 0 aromatic heterocycles. The number of ketones is 1. The normalized spacial score (nSPS) is 19.6. The number of carbonyl (C=O) groups excluding carboxylic acids is 2. The third kappa shape index (κ3) is 3.95. The first-order valence-electron chi connectivity index (χ1n) is 10.5. The lowest BCUT2D eigenvalue weighted by Crippen LogP contribution is -2.30. The number of aliphatic hydroxyl groups excluding tert-OH is 1. The number of Topliss-reactive ketones (excluding diaryl/α,β-unsaturated/α-hetero) is 1. The number of aromatic hydroxyl groups is 1. The number of phenolic OH excluding ortho intramolecular Hbond substituents is 1. The van der Waals surface area contributed by atoms with Crippen LogP contribution in [0.3, 0.4) is 0 Å². The highest BCUT2D eigenvalue weighted by Crippen LogP contribution is 2.41. The van der Waals surface area contributed by atoms with E-state index in [9.17, 15) is 19.8 Å². The molecular weight excluding hydrogens is 398 g/mol. The fraction of sp³-hybridized carbons (Fsp3) is 0.333. The number of aliphatic hydroxyl groups is 1. The maximum Gasteiger partial charge on any atom is 0.295 e. The number of ether oxygens (including phenoxy) is 2.